The van der Waals surface area contributed by atoms with Gasteiger partial charge in [-0.1, -0.05) is 13.8 Å². The molecule has 0 aliphatic carbocycles. The fourth-order valence-electron chi connectivity index (χ4n) is 5.12. The summed E-state index contributed by atoms with van der Waals surface area (Å²) in [5.41, 5.74) is 2.78. The number of thiophene rings is 2. The lowest BCUT2D eigenvalue weighted by Crippen LogP contribution is -2.45. The van der Waals surface area contributed by atoms with E-state index in [2.05, 4.69) is 57.2 Å². The molecule has 2 aromatic rings. The lowest BCUT2D eigenvalue weighted by molar-refractivity contribution is -0.124. The van der Waals surface area contributed by atoms with Gasteiger partial charge in [0.25, 0.3) is 0 Å². The van der Waals surface area contributed by atoms with E-state index in [-0.39, 0.29) is 11.8 Å². The van der Waals surface area contributed by atoms with Crippen molar-refractivity contribution in [3.8, 4) is 0 Å². The summed E-state index contributed by atoms with van der Waals surface area (Å²) in [5.74, 6) is 0.0619. The van der Waals surface area contributed by atoms with Gasteiger partial charge in [0.15, 0.2) is 0 Å². The van der Waals surface area contributed by atoms with Crippen LogP contribution in [0.25, 0.3) is 0 Å². The van der Waals surface area contributed by atoms with Crippen LogP contribution in [0.3, 0.4) is 0 Å². The van der Waals surface area contributed by atoms with E-state index in [1.54, 1.807) is 0 Å². The Morgan fingerprint density at radius 2 is 1.28 bits per heavy atom. The third-order valence-corrected chi connectivity index (χ3v) is 8.64. The highest BCUT2D eigenvalue weighted by molar-refractivity contribution is 7.10. The van der Waals surface area contributed by atoms with Crippen molar-refractivity contribution in [1.29, 1.82) is 0 Å². The maximum Gasteiger partial charge on any atom is 0.234 e. The van der Waals surface area contributed by atoms with Crippen molar-refractivity contribution >= 4 is 34.5 Å². The molecule has 2 N–H and O–H groups in total. The Bertz CT molecular complexity index is 851. The zero-order valence-electron chi connectivity index (χ0n) is 19.1. The molecule has 0 aromatic carbocycles. The quantitative estimate of drug-likeness (QED) is 0.547. The summed E-state index contributed by atoms with van der Waals surface area (Å²) < 4.78 is 0. The first-order valence-electron chi connectivity index (χ1n) is 11.7. The number of carbonyl (C=O) groups is 2. The van der Waals surface area contributed by atoms with Crippen LogP contribution in [0.4, 0.5) is 0 Å². The van der Waals surface area contributed by atoms with Gasteiger partial charge in [-0.05, 0) is 59.7 Å². The Morgan fingerprint density at radius 1 is 0.844 bits per heavy atom. The molecule has 0 unspecified atom stereocenters. The minimum atomic E-state index is 0.0310. The van der Waals surface area contributed by atoms with Gasteiger partial charge >= 0.3 is 0 Å². The normalized spacial score (nSPS) is 21.1. The second-order valence-corrected chi connectivity index (χ2v) is 10.6. The van der Waals surface area contributed by atoms with Crippen LogP contribution in [0.1, 0.15) is 59.7 Å². The number of carbonyl (C=O) groups excluding carboxylic acids is 2. The van der Waals surface area contributed by atoms with E-state index < -0.39 is 0 Å². The summed E-state index contributed by atoms with van der Waals surface area (Å²) in [6, 6.07) is 5.07. The van der Waals surface area contributed by atoms with Crippen molar-refractivity contribution in [1.82, 2.24) is 20.4 Å². The second kappa shape index (κ2) is 10.9. The highest BCUT2D eigenvalue weighted by atomic mass is 32.1. The van der Waals surface area contributed by atoms with Crippen molar-refractivity contribution < 1.29 is 9.59 Å². The number of nitrogens with zero attached hydrogens (tertiary/aromatic N) is 2. The maximum atomic E-state index is 12.5. The first kappa shape index (κ1) is 23.4. The van der Waals surface area contributed by atoms with E-state index in [1.807, 2.05) is 22.7 Å². The van der Waals surface area contributed by atoms with Gasteiger partial charge in [0.1, 0.15) is 0 Å². The van der Waals surface area contributed by atoms with E-state index >= 15 is 0 Å². The van der Waals surface area contributed by atoms with Crippen LogP contribution >= 0.6 is 22.7 Å². The summed E-state index contributed by atoms with van der Waals surface area (Å²) in [6.45, 7) is 7.97. The lowest BCUT2D eigenvalue weighted by Gasteiger charge is -2.35. The molecule has 2 aliphatic rings. The third kappa shape index (κ3) is 5.25. The summed E-state index contributed by atoms with van der Waals surface area (Å²) in [5, 5.41) is 10.3. The number of nitrogens with one attached hydrogen (secondary N) is 2. The molecule has 0 bridgehead atoms. The number of fused-ring (bicyclic) bond motifs is 2. The standard InChI is InChI=1S/C24H34N4O2S2/c1-3-19-17-7-13-31-21(17)5-11-27(19)15-23(29)25-9-10-26-24(30)16-28-12-6-22-18(8-14-32-22)20(28)4-2/h7-8,13-14,19-20H,3-6,9-12,15-16H2,1-2H3,(H,25,29)(H,26,30)/t19-,20-/m0/s1. The number of rotatable bonds is 9. The van der Waals surface area contributed by atoms with Gasteiger partial charge in [-0.25, -0.2) is 0 Å². The Hall–Kier alpha value is -1.74. The topological polar surface area (TPSA) is 64.7 Å². The molecular formula is C24H34N4O2S2. The fraction of sp³-hybridized carbons (Fsp3) is 0.583. The Labute approximate surface area is 199 Å². The van der Waals surface area contributed by atoms with Crippen LogP contribution in [0, 0.1) is 0 Å². The number of amides is 2. The summed E-state index contributed by atoms with van der Waals surface area (Å²) >= 11 is 3.65. The molecule has 0 spiro atoms. The van der Waals surface area contributed by atoms with Crippen molar-refractivity contribution in [2.45, 2.75) is 51.6 Å². The molecule has 2 atom stereocenters. The molecule has 0 saturated carbocycles. The van der Waals surface area contributed by atoms with Gasteiger partial charge in [-0.15, -0.1) is 22.7 Å². The van der Waals surface area contributed by atoms with Gasteiger partial charge in [0.05, 0.1) is 13.1 Å². The second-order valence-electron chi connectivity index (χ2n) is 8.59. The zero-order chi connectivity index (χ0) is 22.5. The van der Waals surface area contributed by atoms with Crippen LogP contribution in [0.15, 0.2) is 22.9 Å². The predicted octanol–water partition coefficient (Wildman–Crippen LogP) is 3.36. The minimum absolute atomic E-state index is 0.0310. The number of hydrogen-bond donors (Lipinski definition) is 2. The van der Waals surface area contributed by atoms with Crippen LogP contribution in [0.5, 0.6) is 0 Å². The average Bonchev–Trinajstić information content (AvgIpc) is 3.46. The molecule has 4 heterocycles. The highest BCUT2D eigenvalue weighted by Gasteiger charge is 2.29. The Balaban J connectivity index is 1.17. The zero-order valence-corrected chi connectivity index (χ0v) is 20.7. The first-order chi connectivity index (χ1) is 15.6. The van der Waals surface area contributed by atoms with E-state index in [9.17, 15) is 9.59 Å². The molecule has 6 nitrogen and oxygen atoms in total. The minimum Gasteiger partial charge on any atom is -0.353 e. The average molecular weight is 475 g/mol. The molecule has 2 aliphatic heterocycles. The monoisotopic (exact) mass is 474 g/mol. The third-order valence-electron chi connectivity index (χ3n) is 6.65. The smallest absolute Gasteiger partial charge is 0.234 e. The van der Waals surface area contributed by atoms with Crippen molar-refractivity contribution in [3.63, 3.8) is 0 Å². The maximum absolute atomic E-state index is 12.5. The van der Waals surface area contributed by atoms with Crippen molar-refractivity contribution in [3.05, 3.63) is 43.8 Å². The van der Waals surface area contributed by atoms with Crippen molar-refractivity contribution in [2.24, 2.45) is 0 Å². The van der Waals surface area contributed by atoms with E-state index in [0.717, 1.165) is 38.8 Å². The molecule has 8 heteroatoms. The van der Waals surface area contributed by atoms with Gasteiger partial charge in [0.2, 0.25) is 11.8 Å². The highest BCUT2D eigenvalue weighted by Crippen LogP contribution is 2.35. The molecule has 0 saturated heterocycles. The van der Waals surface area contributed by atoms with E-state index in [0.29, 0.717) is 38.3 Å². The Morgan fingerprint density at radius 3 is 1.69 bits per heavy atom. The van der Waals surface area contributed by atoms with E-state index in [1.165, 1.54) is 20.9 Å². The van der Waals surface area contributed by atoms with Crippen LogP contribution in [-0.4, -0.2) is 60.9 Å². The molecule has 2 amide bonds. The number of hydrogen-bond acceptors (Lipinski definition) is 6. The lowest BCUT2D eigenvalue weighted by atomic mass is 9.98. The van der Waals surface area contributed by atoms with Crippen LogP contribution in [-0.2, 0) is 22.4 Å². The summed E-state index contributed by atoms with van der Waals surface area (Å²) in [4.78, 5) is 32.5. The van der Waals surface area contributed by atoms with Crippen LogP contribution < -0.4 is 10.6 Å². The molecular weight excluding hydrogens is 440 g/mol. The SMILES string of the molecule is CC[C@H]1c2ccsc2CCN1CC(=O)NCCNC(=O)CN1CCc2sccc2[C@@H]1CC. The van der Waals surface area contributed by atoms with Gasteiger partial charge in [-0.2, -0.15) is 0 Å². The van der Waals surface area contributed by atoms with Crippen LogP contribution in [0.2, 0.25) is 0 Å². The van der Waals surface area contributed by atoms with E-state index in [4.69, 9.17) is 0 Å². The van der Waals surface area contributed by atoms with Gasteiger partial charge in [-0.3, -0.25) is 19.4 Å². The van der Waals surface area contributed by atoms with Gasteiger partial charge in [0, 0.05) is 48.0 Å². The molecule has 0 radical (unpaired) electrons. The molecule has 4 rings (SSSR count). The van der Waals surface area contributed by atoms with Gasteiger partial charge < -0.3 is 10.6 Å². The summed E-state index contributed by atoms with van der Waals surface area (Å²) in [6.07, 6.45) is 4.06. The fourth-order valence-corrected chi connectivity index (χ4v) is 6.97. The molecule has 0 fully saturated rings. The predicted molar refractivity (Wildman–Crippen MR) is 131 cm³/mol. The molecule has 174 valence electrons. The van der Waals surface area contributed by atoms with Crippen molar-refractivity contribution in [2.75, 3.05) is 39.3 Å². The first-order valence-corrected chi connectivity index (χ1v) is 13.5. The molecule has 2 aromatic heterocycles. The molecule has 32 heavy (non-hydrogen) atoms. The summed E-state index contributed by atoms with van der Waals surface area (Å²) in [7, 11) is 0. The Kier molecular flexibility index (Phi) is 7.99. The largest absolute Gasteiger partial charge is 0.353 e.